The minimum Gasteiger partial charge on any atom is -0.353 e. The molecule has 7 heteroatoms. The van der Waals surface area contributed by atoms with Crippen LogP contribution in [0.5, 0.6) is 0 Å². The molecule has 2 heterocycles. The maximum Gasteiger partial charge on any atom is 0.321 e. The first-order chi connectivity index (χ1) is 15.2. The van der Waals surface area contributed by atoms with Crippen LogP contribution in [-0.2, 0) is 6.42 Å². The SMILES string of the molecule is CCCNC(=O)N(C)c1ccccc1CCN1CCN(c2nsc3ccccc23)CC1. The molecular formula is C24H31N5OS. The highest BCUT2D eigenvalue weighted by atomic mass is 32.1. The molecule has 1 saturated heterocycles. The van der Waals surface area contributed by atoms with Gasteiger partial charge in [-0.1, -0.05) is 37.3 Å². The Balaban J connectivity index is 1.33. The van der Waals surface area contributed by atoms with Gasteiger partial charge in [0.1, 0.15) is 5.82 Å². The lowest BCUT2D eigenvalue weighted by atomic mass is 10.1. The highest BCUT2D eigenvalue weighted by molar-refractivity contribution is 7.13. The molecule has 1 N–H and O–H groups in total. The van der Waals surface area contributed by atoms with Crippen molar-refractivity contribution in [3.05, 3.63) is 54.1 Å². The summed E-state index contributed by atoms with van der Waals surface area (Å²) in [5, 5.41) is 4.22. The van der Waals surface area contributed by atoms with E-state index in [0.717, 1.165) is 57.1 Å². The third-order valence-electron chi connectivity index (χ3n) is 5.91. The fourth-order valence-corrected chi connectivity index (χ4v) is 4.87. The van der Waals surface area contributed by atoms with Crippen molar-refractivity contribution in [2.45, 2.75) is 19.8 Å². The highest BCUT2D eigenvalue weighted by Gasteiger charge is 2.21. The number of nitrogens with one attached hydrogen (secondary N) is 1. The summed E-state index contributed by atoms with van der Waals surface area (Å²) in [5.74, 6) is 1.13. The number of carbonyl (C=O) groups is 1. The number of aromatic nitrogens is 1. The van der Waals surface area contributed by atoms with E-state index >= 15 is 0 Å². The van der Waals surface area contributed by atoms with Crippen LogP contribution in [0.15, 0.2) is 48.5 Å². The van der Waals surface area contributed by atoms with Crippen LogP contribution in [-0.4, -0.2) is 61.6 Å². The summed E-state index contributed by atoms with van der Waals surface area (Å²) >= 11 is 1.58. The van der Waals surface area contributed by atoms with Gasteiger partial charge >= 0.3 is 6.03 Å². The Hall–Kier alpha value is -2.64. The number of amides is 2. The topological polar surface area (TPSA) is 51.7 Å². The average Bonchev–Trinajstić information content (AvgIpc) is 3.25. The smallest absolute Gasteiger partial charge is 0.321 e. The van der Waals surface area contributed by atoms with Gasteiger partial charge in [-0.05, 0) is 48.1 Å². The Morgan fingerprint density at radius 3 is 2.65 bits per heavy atom. The number of carbonyl (C=O) groups excluding carboxylic acids is 1. The fraction of sp³-hybridized carbons (Fsp3) is 0.417. The zero-order valence-electron chi connectivity index (χ0n) is 18.4. The number of piperazine rings is 1. The third-order valence-corrected chi connectivity index (χ3v) is 6.73. The molecule has 6 nitrogen and oxygen atoms in total. The molecule has 164 valence electrons. The normalized spacial score (nSPS) is 14.7. The molecule has 1 aliphatic rings. The average molecular weight is 438 g/mol. The van der Waals surface area contributed by atoms with Gasteiger partial charge in [0, 0.05) is 57.4 Å². The second-order valence-electron chi connectivity index (χ2n) is 8.00. The Morgan fingerprint density at radius 1 is 1.10 bits per heavy atom. The van der Waals surface area contributed by atoms with Crippen molar-refractivity contribution in [3.63, 3.8) is 0 Å². The molecule has 1 aromatic heterocycles. The van der Waals surface area contributed by atoms with E-state index in [1.165, 1.54) is 15.6 Å². The maximum absolute atomic E-state index is 12.4. The minimum absolute atomic E-state index is 0.0431. The zero-order valence-corrected chi connectivity index (χ0v) is 19.2. The quantitative estimate of drug-likeness (QED) is 0.601. The standard InChI is InChI=1S/C24H31N5OS/c1-3-13-25-24(30)27(2)21-10-6-4-8-19(21)12-14-28-15-17-29(18-16-28)23-20-9-5-7-11-22(20)31-26-23/h4-11H,3,12-18H2,1-2H3,(H,25,30). The molecule has 3 aromatic rings. The summed E-state index contributed by atoms with van der Waals surface area (Å²) in [4.78, 5) is 19.1. The summed E-state index contributed by atoms with van der Waals surface area (Å²) < 4.78 is 5.97. The van der Waals surface area contributed by atoms with Crippen molar-refractivity contribution in [2.24, 2.45) is 0 Å². The summed E-state index contributed by atoms with van der Waals surface area (Å²) in [6.07, 6.45) is 1.87. The van der Waals surface area contributed by atoms with Gasteiger partial charge in [-0.3, -0.25) is 9.80 Å². The Labute approximate surface area is 188 Å². The van der Waals surface area contributed by atoms with E-state index in [-0.39, 0.29) is 6.03 Å². The van der Waals surface area contributed by atoms with Gasteiger partial charge in [0.25, 0.3) is 0 Å². The molecule has 0 bridgehead atoms. The van der Waals surface area contributed by atoms with Crippen LogP contribution in [0.1, 0.15) is 18.9 Å². The van der Waals surface area contributed by atoms with Gasteiger partial charge in [0.05, 0.1) is 4.70 Å². The lowest BCUT2D eigenvalue weighted by Gasteiger charge is -2.35. The second kappa shape index (κ2) is 10.1. The van der Waals surface area contributed by atoms with Crippen molar-refractivity contribution in [1.29, 1.82) is 0 Å². The van der Waals surface area contributed by atoms with Gasteiger partial charge in [0.15, 0.2) is 0 Å². The molecule has 0 radical (unpaired) electrons. The van der Waals surface area contributed by atoms with Crippen LogP contribution in [0, 0.1) is 0 Å². The molecular weight excluding hydrogens is 406 g/mol. The fourth-order valence-electron chi connectivity index (χ4n) is 4.07. The molecule has 0 unspecified atom stereocenters. The number of nitrogens with zero attached hydrogens (tertiary/aromatic N) is 4. The Kier molecular flexibility index (Phi) is 7.04. The van der Waals surface area contributed by atoms with Crippen LogP contribution in [0.4, 0.5) is 16.3 Å². The van der Waals surface area contributed by atoms with E-state index in [1.807, 2.05) is 19.2 Å². The number of hydrogen-bond acceptors (Lipinski definition) is 5. The predicted octanol–water partition coefficient (Wildman–Crippen LogP) is 4.22. The van der Waals surface area contributed by atoms with Crippen LogP contribution < -0.4 is 15.1 Å². The summed E-state index contributed by atoms with van der Waals surface area (Å²) in [7, 11) is 1.85. The molecule has 0 aliphatic carbocycles. The monoisotopic (exact) mass is 437 g/mol. The van der Waals surface area contributed by atoms with Gasteiger partial charge in [0.2, 0.25) is 0 Å². The number of hydrogen-bond donors (Lipinski definition) is 1. The molecule has 31 heavy (non-hydrogen) atoms. The van der Waals surface area contributed by atoms with E-state index in [4.69, 9.17) is 4.37 Å². The van der Waals surface area contributed by atoms with Crippen molar-refractivity contribution < 1.29 is 4.79 Å². The molecule has 2 amide bonds. The second-order valence-corrected chi connectivity index (χ2v) is 8.81. The lowest BCUT2D eigenvalue weighted by molar-refractivity contribution is 0.247. The highest BCUT2D eigenvalue weighted by Crippen LogP contribution is 2.30. The first kappa shape index (κ1) is 21.6. The summed E-state index contributed by atoms with van der Waals surface area (Å²) in [5.41, 5.74) is 2.20. The predicted molar refractivity (Wildman–Crippen MR) is 131 cm³/mol. The Bertz CT molecular complexity index is 1010. The summed E-state index contributed by atoms with van der Waals surface area (Å²) in [6, 6.07) is 16.7. The first-order valence-electron chi connectivity index (χ1n) is 11.1. The van der Waals surface area contributed by atoms with Crippen LogP contribution >= 0.6 is 11.5 Å². The Morgan fingerprint density at radius 2 is 1.84 bits per heavy atom. The van der Waals surface area contributed by atoms with Crippen molar-refractivity contribution in [3.8, 4) is 0 Å². The van der Waals surface area contributed by atoms with E-state index in [9.17, 15) is 4.79 Å². The molecule has 0 atom stereocenters. The van der Waals surface area contributed by atoms with Crippen LogP contribution in [0.25, 0.3) is 10.1 Å². The minimum atomic E-state index is -0.0431. The molecule has 1 fully saturated rings. The number of benzene rings is 2. The van der Waals surface area contributed by atoms with Crippen LogP contribution in [0.3, 0.4) is 0 Å². The molecule has 1 aliphatic heterocycles. The number of anilines is 2. The van der Waals surface area contributed by atoms with Crippen molar-refractivity contribution in [1.82, 2.24) is 14.6 Å². The molecule has 0 saturated carbocycles. The lowest BCUT2D eigenvalue weighted by Crippen LogP contribution is -2.47. The number of urea groups is 1. The zero-order chi connectivity index (χ0) is 21.6. The number of fused-ring (bicyclic) bond motifs is 1. The molecule has 2 aromatic carbocycles. The van der Waals surface area contributed by atoms with Gasteiger partial charge < -0.3 is 10.2 Å². The first-order valence-corrected chi connectivity index (χ1v) is 11.9. The molecule has 4 rings (SSSR count). The molecule has 0 spiro atoms. The third kappa shape index (κ3) is 4.99. The van der Waals surface area contributed by atoms with Gasteiger partial charge in [-0.2, -0.15) is 4.37 Å². The number of rotatable bonds is 7. The van der Waals surface area contributed by atoms with Crippen molar-refractivity contribution >= 4 is 39.2 Å². The van der Waals surface area contributed by atoms with E-state index < -0.39 is 0 Å². The van der Waals surface area contributed by atoms with E-state index in [1.54, 1.807) is 16.4 Å². The van der Waals surface area contributed by atoms with Crippen LogP contribution in [0.2, 0.25) is 0 Å². The maximum atomic E-state index is 12.4. The van der Waals surface area contributed by atoms with Crippen molar-refractivity contribution in [2.75, 3.05) is 56.1 Å². The van der Waals surface area contributed by atoms with Gasteiger partial charge in [-0.25, -0.2) is 4.79 Å². The number of para-hydroxylation sites is 1. The van der Waals surface area contributed by atoms with Gasteiger partial charge in [-0.15, -0.1) is 0 Å². The van der Waals surface area contributed by atoms with E-state index in [2.05, 4.69) is 58.4 Å². The van der Waals surface area contributed by atoms with E-state index in [0.29, 0.717) is 6.54 Å². The summed E-state index contributed by atoms with van der Waals surface area (Å²) in [6.45, 7) is 7.80. The largest absolute Gasteiger partial charge is 0.353 e.